The highest BCUT2D eigenvalue weighted by atomic mass is 79.9. The van der Waals surface area contributed by atoms with Crippen molar-refractivity contribution in [3.63, 3.8) is 0 Å². The van der Waals surface area contributed by atoms with Crippen molar-refractivity contribution < 1.29 is 4.79 Å². The fraction of sp³-hybridized carbons (Fsp3) is 0. The first-order valence-electron chi connectivity index (χ1n) is 5.05. The van der Waals surface area contributed by atoms with E-state index in [0.29, 0.717) is 15.7 Å². The molecule has 0 atom stereocenters. The molecule has 0 radical (unpaired) electrons. The molecule has 0 saturated heterocycles. The molecule has 0 fully saturated rings. The molecule has 0 spiro atoms. The number of aromatic nitrogens is 1. The lowest BCUT2D eigenvalue weighted by Gasteiger charge is -2.08. The van der Waals surface area contributed by atoms with Gasteiger partial charge < -0.3 is 5.32 Å². The van der Waals surface area contributed by atoms with E-state index >= 15 is 0 Å². The molecule has 1 aromatic heterocycles. The summed E-state index contributed by atoms with van der Waals surface area (Å²) in [5.74, 6) is -0.318. The molecule has 2 rings (SSSR count). The normalized spacial score (nSPS) is 10.3. The van der Waals surface area contributed by atoms with Crippen LogP contribution >= 0.6 is 59.4 Å². The first kappa shape index (κ1) is 15.0. The van der Waals surface area contributed by atoms with Crippen molar-refractivity contribution >= 4 is 71.0 Å². The van der Waals surface area contributed by atoms with Crippen molar-refractivity contribution in [3.05, 3.63) is 54.6 Å². The van der Waals surface area contributed by atoms with E-state index in [1.165, 1.54) is 6.20 Å². The van der Waals surface area contributed by atoms with Gasteiger partial charge in [-0.05, 0) is 56.1 Å². The van der Waals surface area contributed by atoms with Crippen molar-refractivity contribution in [3.8, 4) is 0 Å². The summed E-state index contributed by atoms with van der Waals surface area (Å²) < 4.78 is 2.38. The number of hydrogen-bond donors (Lipinski definition) is 1. The van der Waals surface area contributed by atoms with Gasteiger partial charge in [-0.2, -0.15) is 0 Å². The summed E-state index contributed by atoms with van der Waals surface area (Å²) in [4.78, 5) is 16.1. The van der Waals surface area contributed by atoms with E-state index in [0.717, 1.165) is 8.95 Å². The van der Waals surface area contributed by atoms with Crippen LogP contribution in [0.15, 0.2) is 43.9 Å². The number of carbonyl (C=O) groups is 1. The van der Waals surface area contributed by atoms with E-state index < -0.39 is 0 Å². The summed E-state index contributed by atoms with van der Waals surface area (Å²) >= 11 is 15.9. The summed E-state index contributed by atoms with van der Waals surface area (Å²) in [6.45, 7) is 0. The molecule has 1 N–H and O–H groups in total. The van der Waals surface area contributed by atoms with Crippen molar-refractivity contribution in [1.29, 1.82) is 0 Å². The van der Waals surface area contributed by atoms with Crippen molar-refractivity contribution in [2.24, 2.45) is 0 Å². The Bertz CT molecular complexity index is 649. The largest absolute Gasteiger partial charge is 0.321 e. The van der Waals surface area contributed by atoms with Crippen LogP contribution in [0, 0.1) is 0 Å². The molecule has 98 valence electrons. The topological polar surface area (TPSA) is 42.0 Å². The van der Waals surface area contributed by atoms with Crippen LogP contribution in [-0.2, 0) is 0 Å². The number of nitrogens with zero attached hydrogens (tertiary/aromatic N) is 1. The zero-order valence-electron chi connectivity index (χ0n) is 9.25. The maximum atomic E-state index is 12.1. The van der Waals surface area contributed by atoms with E-state index in [1.807, 2.05) is 12.1 Å². The van der Waals surface area contributed by atoms with Gasteiger partial charge in [0.05, 0.1) is 11.3 Å². The van der Waals surface area contributed by atoms with Gasteiger partial charge in [0, 0.05) is 19.6 Å². The van der Waals surface area contributed by atoms with Gasteiger partial charge in [-0.15, -0.1) is 0 Å². The van der Waals surface area contributed by atoms with Crippen LogP contribution in [0.2, 0.25) is 5.15 Å². The first-order chi connectivity index (χ1) is 8.97. The van der Waals surface area contributed by atoms with E-state index in [1.54, 1.807) is 12.1 Å². The molecule has 0 saturated carbocycles. The number of carbonyl (C=O) groups excluding carboxylic acids is 1. The molecule has 0 unspecified atom stereocenters. The molecular weight excluding hydrogens is 463 g/mol. The van der Waals surface area contributed by atoms with Crippen LogP contribution in [0.3, 0.4) is 0 Å². The average Bonchev–Trinajstić information content (AvgIpc) is 2.35. The first-order valence-corrected chi connectivity index (χ1v) is 7.80. The highest BCUT2D eigenvalue weighted by Crippen LogP contribution is 2.27. The van der Waals surface area contributed by atoms with E-state index in [2.05, 4.69) is 58.1 Å². The van der Waals surface area contributed by atoms with Crippen LogP contribution in [0.4, 0.5) is 5.69 Å². The molecule has 1 amide bonds. The van der Waals surface area contributed by atoms with E-state index in [4.69, 9.17) is 11.6 Å². The molecule has 1 aromatic carbocycles. The number of pyridine rings is 1. The molecule has 0 aliphatic carbocycles. The molecule has 2 aromatic rings. The highest BCUT2D eigenvalue weighted by molar-refractivity contribution is 9.11. The zero-order valence-corrected chi connectivity index (χ0v) is 14.8. The van der Waals surface area contributed by atoms with Crippen molar-refractivity contribution in [2.45, 2.75) is 0 Å². The maximum Gasteiger partial charge on any atom is 0.258 e. The van der Waals surface area contributed by atoms with Gasteiger partial charge in [0.15, 0.2) is 0 Å². The lowest BCUT2D eigenvalue weighted by molar-refractivity contribution is 0.102. The second-order valence-electron chi connectivity index (χ2n) is 3.57. The molecule has 7 heteroatoms. The maximum absolute atomic E-state index is 12.1. The Kier molecular flexibility index (Phi) is 5.00. The van der Waals surface area contributed by atoms with Gasteiger partial charge in [-0.3, -0.25) is 4.79 Å². The number of anilines is 1. The molecular formula is C12H6Br3ClN2O. The van der Waals surface area contributed by atoms with Crippen LogP contribution in [0.1, 0.15) is 10.4 Å². The minimum atomic E-state index is -0.318. The molecule has 1 heterocycles. The van der Waals surface area contributed by atoms with Crippen LogP contribution in [0.25, 0.3) is 0 Å². The van der Waals surface area contributed by atoms with Crippen molar-refractivity contribution in [1.82, 2.24) is 4.98 Å². The second kappa shape index (κ2) is 6.35. The van der Waals surface area contributed by atoms with Gasteiger partial charge >= 0.3 is 0 Å². The Morgan fingerprint density at radius 2 is 1.89 bits per heavy atom. The Balaban J connectivity index is 2.28. The number of hydrogen-bond acceptors (Lipinski definition) is 2. The van der Waals surface area contributed by atoms with Crippen molar-refractivity contribution in [2.75, 3.05) is 5.32 Å². The van der Waals surface area contributed by atoms with Gasteiger partial charge in [0.2, 0.25) is 0 Å². The van der Waals surface area contributed by atoms with E-state index in [9.17, 15) is 4.79 Å². The average molecular weight is 469 g/mol. The molecule has 0 aliphatic rings. The summed E-state index contributed by atoms with van der Waals surface area (Å²) in [7, 11) is 0. The number of amides is 1. The quantitative estimate of drug-likeness (QED) is 0.609. The second-order valence-corrected chi connectivity index (χ2v) is 6.61. The Morgan fingerprint density at radius 3 is 2.58 bits per heavy atom. The summed E-state index contributed by atoms with van der Waals surface area (Å²) in [5.41, 5.74) is 0.968. The summed E-state index contributed by atoms with van der Waals surface area (Å²) in [5, 5.41) is 2.93. The minimum Gasteiger partial charge on any atom is -0.321 e. The number of nitrogens with one attached hydrogen (secondary N) is 1. The molecule has 0 bridgehead atoms. The van der Waals surface area contributed by atoms with Gasteiger partial charge in [0.25, 0.3) is 5.91 Å². The standard InChI is InChI=1S/C12H6Br3ClN2O/c13-6-1-2-10(9(15)4-6)18-12(19)8-3-7(14)5-17-11(8)16/h1-5H,(H,18,19). The zero-order chi connectivity index (χ0) is 14.0. The van der Waals surface area contributed by atoms with Gasteiger partial charge in [-0.25, -0.2) is 4.98 Å². The summed E-state index contributed by atoms with van der Waals surface area (Å²) in [6, 6.07) is 7.08. The fourth-order valence-corrected chi connectivity index (χ4v) is 3.03. The van der Waals surface area contributed by atoms with Gasteiger partial charge in [-0.1, -0.05) is 27.5 Å². The number of rotatable bonds is 2. The van der Waals surface area contributed by atoms with E-state index in [-0.39, 0.29) is 11.1 Å². The van der Waals surface area contributed by atoms with Gasteiger partial charge in [0.1, 0.15) is 5.15 Å². The Hall–Kier alpha value is -0.430. The lowest BCUT2D eigenvalue weighted by Crippen LogP contribution is -2.13. The number of benzene rings is 1. The third-order valence-electron chi connectivity index (χ3n) is 2.23. The Labute approximate surface area is 140 Å². The minimum absolute atomic E-state index is 0.161. The Morgan fingerprint density at radius 1 is 1.16 bits per heavy atom. The monoisotopic (exact) mass is 466 g/mol. The SMILES string of the molecule is O=C(Nc1ccc(Br)cc1Br)c1cc(Br)cnc1Cl. The third kappa shape index (κ3) is 3.78. The predicted octanol–water partition coefficient (Wildman–Crippen LogP) is 5.27. The summed E-state index contributed by atoms with van der Waals surface area (Å²) in [6.07, 6.45) is 1.54. The molecule has 19 heavy (non-hydrogen) atoms. The lowest BCUT2D eigenvalue weighted by atomic mass is 10.2. The smallest absolute Gasteiger partial charge is 0.258 e. The molecule has 3 nitrogen and oxygen atoms in total. The number of halogens is 4. The highest BCUT2D eigenvalue weighted by Gasteiger charge is 2.13. The van der Waals surface area contributed by atoms with Crippen LogP contribution in [0.5, 0.6) is 0 Å². The van der Waals surface area contributed by atoms with Crippen LogP contribution < -0.4 is 5.32 Å². The predicted molar refractivity (Wildman–Crippen MR) is 86.7 cm³/mol. The molecule has 0 aliphatic heterocycles. The van der Waals surface area contributed by atoms with Crippen LogP contribution in [-0.4, -0.2) is 10.9 Å². The third-order valence-corrected chi connectivity index (χ3v) is 4.11. The fourth-order valence-electron chi connectivity index (χ4n) is 1.36.